The summed E-state index contributed by atoms with van der Waals surface area (Å²) in [5.74, 6) is 0.0115. The molecule has 0 bridgehead atoms. The minimum absolute atomic E-state index is 0.0115. The first-order chi connectivity index (χ1) is 9.58. The van der Waals surface area contributed by atoms with Gasteiger partial charge >= 0.3 is 0 Å². The number of fused-ring (bicyclic) bond motifs is 1. The van der Waals surface area contributed by atoms with Crippen molar-refractivity contribution in [1.29, 1.82) is 0 Å². The molecular weight excluding hydrogens is 248 g/mol. The van der Waals surface area contributed by atoms with Gasteiger partial charge in [-0.25, -0.2) is 0 Å². The lowest BCUT2D eigenvalue weighted by molar-refractivity contribution is 0.102. The summed E-state index contributed by atoms with van der Waals surface area (Å²) < 4.78 is 2.26. The predicted octanol–water partition coefficient (Wildman–Crippen LogP) is 3.61. The Labute approximate surface area is 119 Å². The number of hydrogen-bond acceptors (Lipinski definition) is 1. The number of aryl methyl sites for hydroxylation is 2. The molecule has 1 N–H and O–H groups in total. The standard InChI is InChI=1S/C17H20N2O/c1-11-6-4-7-15(13(11)3)18-17(20)14-10-12(2)19-9-5-8-16(14)19/h4,6-7,10H,5,8-9H2,1-3H3,(H,18,20). The van der Waals surface area contributed by atoms with E-state index in [1.54, 1.807) is 0 Å². The van der Waals surface area contributed by atoms with Crippen molar-refractivity contribution in [3.8, 4) is 0 Å². The lowest BCUT2D eigenvalue weighted by atomic mass is 10.1. The molecule has 0 radical (unpaired) electrons. The van der Waals surface area contributed by atoms with Crippen molar-refractivity contribution >= 4 is 11.6 Å². The van der Waals surface area contributed by atoms with Crippen molar-refractivity contribution in [2.45, 2.75) is 40.2 Å². The first-order valence-electron chi connectivity index (χ1n) is 7.14. The van der Waals surface area contributed by atoms with E-state index in [1.165, 1.54) is 17.0 Å². The fraction of sp³-hybridized carbons (Fsp3) is 0.353. The van der Waals surface area contributed by atoms with E-state index in [2.05, 4.69) is 29.8 Å². The van der Waals surface area contributed by atoms with Crippen LogP contribution in [0.3, 0.4) is 0 Å². The maximum Gasteiger partial charge on any atom is 0.257 e. The first-order valence-corrected chi connectivity index (χ1v) is 7.14. The molecule has 3 rings (SSSR count). The average Bonchev–Trinajstić information content (AvgIpc) is 2.99. The molecule has 3 nitrogen and oxygen atoms in total. The summed E-state index contributed by atoms with van der Waals surface area (Å²) in [7, 11) is 0. The molecule has 104 valence electrons. The predicted molar refractivity (Wildman–Crippen MR) is 81.4 cm³/mol. The minimum Gasteiger partial charge on any atom is -0.348 e. The molecule has 3 heteroatoms. The van der Waals surface area contributed by atoms with Crippen molar-refractivity contribution in [2.24, 2.45) is 0 Å². The summed E-state index contributed by atoms with van der Waals surface area (Å²) in [5.41, 5.74) is 6.44. The topological polar surface area (TPSA) is 34.0 Å². The molecule has 0 fully saturated rings. The van der Waals surface area contributed by atoms with Gasteiger partial charge in [-0.05, 0) is 56.9 Å². The van der Waals surface area contributed by atoms with E-state index in [0.717, 1.165) is 36.2 Å². The maximum atomic E-state index is 12.5. The zero-order valence-corrected chi connectivity index (χ0v) is 12.3. The van der Waals surface area contributed by atoms with Crippen molar-refractivity contribution in [3.63, 3.8) is 0 Å². The molecule has 0 unspecified atom stereocenters. The van der Waals surface area contributed by atoms with Crippen LogP contribution in [0, 0.1) is 20.8 Å². The van der Waals surface area contributed by atoms with Gasteiger partial charge in [0.25, 0.3) is 5.91 Å². The zero-order valence-electron chi connectivity index (χ0n) is 12.3. The third kappa shape index (κ3) is 2.03. The summed E-state index contributed by atoms with van der Waals surface area (Å²) in [6.07, 6.45) is 2.14. The Balaban J connectivity index is 1.91. The molecule has 1 aliphatic heterocycles. The van der Waals surface area contributed by atoms with Crippen molar-refractivity contribution in [3.05, 3.63) is 52.3 Å². The van der Waals surface area contributed by atoms with Crippen LogP contribution in [0.4, 0.5) is 5.69 Å². The van der Waals surface area contributed by atoms with E-state index in [9.17, 15) is 4.79 Å². The Morgan fingerprint density at radius 2 is 2.05 bits per heavy atom. The van der Waals surface area contributed by atoms with Gasteiger partial charge in [0.15, 0.2) is 0 Å². The van der Waals surface area contributed by atoms with Crippen LogP contribution < -0.4 is 5.32 Å². The molecule has 2 aromatic rings. The highest BCUT2D eigenvalue weighted by Crippen LogP contribution is 2.25. The van der Waals surface area contributed by atoms with Gasteiger partial charge in [-0.15, -0.1) is 0 Å². The fourth-order valence-corrected chi connectivity index (χ4v) is 2.99. The molecule has 0 atom stereocenters. The molecule has 1 aromatic carbocycles. The van der Waals surface area contributed by atoms with Gasteiger partial charge < -0.3 is 9.88 Å². The first kappa shape index (κ1) is 13.0. The Bertz CT molecular complexity index is 683. The smallest absolute Gasteiger partial charge is 0.257 e. The second-order valence-electron chi connectivity index (χ2n) is 5.60. The molecule has 0 saturated carbocycles. The summed E-state index contributed by atoms with van der Waals surface area (Å²) >= 11 is 0. The minimum atomic E-state index is 0.0115. The van der Waals surface area contributed by atoms with Gasteiger partial charge in [0, 0.05) is 23.6 Å². The Hall–Kier alpha value is -2.03. The Morgan fingerprint density at radius 3 is 2.85 bits per heavy atom. The molecule has 0 spiro atoms. The van der Waals surface area contributed by atoms with Crippen LogP contribution in [0.25, 0.3) is 0 Å². The molecular formula is C17H20N2O. The molecule has 0 saturated heterocycles. The van der Waals surface area contributed by atoms with Crippen molar-refractivity contribution < 1.29 is 4.79 Å². The number of aromatic nitrogens is 1. The molecule has 1 aliphatic rings. The van der Waals surface area contributed by atoms with E-state index in [-0.39, 0.29) is 5.91 Å². The highest BCUT2D eigenvalue weighted by Gasteiger charge is 2.22. The third-order valence-electron chi connectivity index (χ3n) is 4.31. The van der Waals surface area contributed by atoms with Crippen LogP contribution >= 0.6 is 0 Å². The quantitative estimate of drug-likeness (QED) is 0.887. The number of rotatable bonds is 2. The summed E-state index contributed by atoms with van der Waals surface area (Å²) in [6.45, 7) is 7.22. The summed E-state index contributed by atoms with van der Waals surface area (Å²) in [5, 5.41) is 3.06. The van der Waals surface area contributed by atoms with E-state index in [1.807, 2.05) is 25.1 Å². The van der Waals surface area contributed by atoms with E-state index in [0.29, 0.717) is 0 Å². The number of anilines is 1. The average molecular weight is 268 g/mol. The van der Waals surface area contributed by atoms with Crippen LogP contribution in [0.1, 0.15) is 39.3 Å². The van der Waals surface area contributed by atoms with Crippen LogP contribution in [0.5, 0.6) is 0 Å². The number of carbonyl (C=O) groups is 1. The van der Waals surface area contributed by atoms with Crippen LogP contribution in [-0.4, -0.2) is 10.5 Å². The van der Waals surface area contributed by atoms with Crippen molar-refractivity contribution in [1.82, 2.24) is 4.57 Å². The molecule has 2 heterocycles. The van der Waals surface area contributed by atoms with E-state index in [4.69, 9.17) is 0 Å². The number of nitrogens with one attached hydrogen (secondary N) is 1. The largest absolute Gasteiger partial charge is 0.348 e. The number of benzene rings is 1. The van der Waals surface area contributed by atoms with Gasteiger partial charge in [-0.1, -0.05) is 12.1 Å². The Kier molecular flexibility index (Phi) is 3.13. The van der Waals surface area contributed by atoms with E-state index >= 15 is 0 Å². The third-order valence-corrected chi connectivity index (χ3v) is 4.31. The van der Waals surface area contributed by atoms with Gasteiger partial charge in [0.05, 0.1) is 5.56 Å². The number of nitrogens with zero attached hydrogens (tertiary/aromatic N) is 1. The zero-order chi connectivity index (χ0) is 14.3. The lowest BCUT2D eigenvalue weighted by Gasteiger charge is -2.10. The SMILES string of the molecule is Cc1cccc(NC(=O)c2cc(C)n3c2CCC3)c1C. The normalized spacial score (nSPS) is 13.3. The van der Waals surface area contributed by atoms with Crippen molar-refractivity contribution in [2.75, 3.05) is 5.32 Å². The molecule has 20 heavy (non-hydrogen) atoms. The summed E-state index contributed by atoms with van der Waals surface area (Å²) in [4.78, 5) is 12.5. The van der Waals surface area contributed by atoms with Gasteiger partial charge in [-0.2, -0.15) is 0 Å². The number of carbonyl (C=O) groups excluding carboxylic acids is 1. The maximum absolute atomic E-state index is 12.5. The fourth-order valence-electron chi connectivity index (χ4n) is 2.99. The number of amides is 1. The van der Waals surface area contributed by atoms with Crippen LogP contribution in [-0.2, 0) is 13.0 Å². The van der Waals surface area contributed by atoms with Gasteiger partial charge in [-0.3, -0.25) is 4.79 Å². The lowest BCUT2D eigenvalue weighted by Crippen LogP contribution is -2.14. The van der Waals surface area contributed by atoms with Gasteiger partial charge in [0.1, 0.15) is 0 Å². The Morgan fingerprint density at radius 1 is 1.25 bits per heavy atom. The summed E-state index contributed by atoms with van der Waals surface area (Å²) in [6, 6.07) is 8.01. The monoisotopic (exact) mass is 268 g/mol. The van der Waals surface area contributed by atoms with Crippen LogP contribution in [0.15, 0.2) is 24.3 Å². The highest BCUT2D eigenvalue weighted by atomic mass is 16.1. The second kappa shape index (κ2) is 4.82. The van der Waals surface area contributed by atoms with Crippen LogP contribution in [0.2, 0.25) is 0 Å². The molecule has 1 amide bonds. The number of hydrogen-bond donors (Lipinski definition) is 1. The highest BCUT2D eigenvalue weighted by molar-refractivity contribution is 6.05. The van der Waals surface area contributed by atoms with E-state index < -0.39 is 0 Å². The molecule has 1 aromatic heterocycles. The second-order valence-corrected chi connectivity index (χ2v) is 5.60. The van der Waals surface area contributed by atoms with Gasteiger partial charge in [0.2, 0.25) is 0 Å². The molecule has 0 aliphatic carbocycles.